The molecule has 0 saturated heterocycles. The normalized spacial score (nSPS) is 5.00. The molecule has 0 aromatic carbocycles. The van der Waals surface area contributed by atoms with Crippen LogP contribution in [0.4, 0.5) is 0 Å². The van der Waals surface area contributed by atoms with Crippen molar-refractivity contribution in [2.45, 2.75) is 13.2 Å². The van der Waals surface area contributed by atoms with Crippen LogP contribution in [0.1, 0.15) is 6.92 Å². The molecular weight excluding hydrogens is 80.5 g/mol. The van der Waals surface area contributed by atoms with E-state index in [0.29, 0.717) is 0 Å². The number of terminal acetylenes is 1. The van der Waals surface area contributed by atoms with Crippen molar-refractivity contribution in [2.24, 2.45) is 0 Å². The maximum absolute atomic E-state index is 4.96. The SMILES string of the molecule is C#C.[B][B][B]CC. The molecule has 0 spiro atoms. The number of rotatable bonds is 2. The van der Waals surface area contributed by atoms with Crippen molar-refractivity contribution in [1.29, 1.82) is 0 Å². The summed E-state index contributed by atoms with van der Waals surface area (Å²) in [5.41, 5.74) is 0. The number of hydrogen-bond donors (Lipinski definition) is 0. The number of hydrogen-bond acceptors (Lipinski definition) is 0. The topological polar surface area (TPSA) is 0 Å². The van der Waals surface area contributed by atoms with E-state index >= 15 is 0 Å². The zero-order valence-electron chi connectivity index (χ0n) is 4.59. The molecule has 0 atom stereocenters. The van der Waals surface area contributed by atoms with Gasteiger partial charge in [-0.05, 0) is 0 Å². The molecule has 0 nitrogen and oxygen atoms in total. The van der Waals surface area contributed by atoms with Gasteiger partial charge >= 0.3 is 0 Å². The fraction of sp³-hybridized carbons (Fsp3) is 0.500. The van der Waals surface area contributed by atoms with Crippen molar-refractivity contribution in [3.63, 3.8) is 0 Å². The van der Waals surface area contributed by atoms with Crippen molar-refractivity contribution in [3.8, 4) is 12.8 Å². The third-order valence-electron chi connectivity index (χ3n) is 0.372. The molecule has 0 aromatic heterocycles. The first-order valence-electron chi connectivity index (χ1n) is 2.12. The van der Waals surface area contributed by atoms with Gasteiger partial charge in [0.25, 0.3) is 0 Å². The molecule has 4 radical (unpaired) electrons. The third-order valence-corrected chi connectivity index (χ3v) is 0.372. The minimum Gasteiger partial charge on any atom is -0.124 e. The lowest BCUT2D eigenvalue weighted by atomic mass is 9.27. The molecule has 0 aromatic rings. The second-order valence-electron chi connectivity index (χ2n) is 0.836. The summed E-state index contributed by atoms with van der Waals surface area (Å²) in [4.78, 5) is 0. The van der Waals surface area contributed by atoms with Crippen LogP contribution in [0.3, 0.4) is 0 Å². The van der Waals surface area contributed by atoms with Crippen LogP contribution >= 0.6 is 0 Å². The van der Waals surface area contributed by atoms with Crippen molar-refractivity contribution >= 4 is 22.0 Å². The molecular formula is C4H7B3. The molecule has 3 heteroatoms. The highest BCUT2D eigenvalue weighted by Gasteiger charge is 1.73. The van der Waals surface area contributed by atoms with Crippen LogP contribution < -0.4 is 0 Å². The highest BCUT2D eigenvalue weighted by atomic mass is 13.3. The van der Waals surface area contributed by atoms with Crippen LogP contribution in [0.15, 0.2) is 0 Å². The predicted octanol–water partition coefficient (Wildman–Crippen LogP) is 0.0809. The summed E-state index contributed by atoms with van der Waals surface area (Å²) >= 11 is 0. The van der Waals surface area contributed by atoms with Crippen LogP contribution in [-0.2, 0) is 0 Å². The zero-order chi connectivity index (χ0) is 6.12. The Morgan fingerprint density at radius 3 is 2.00 bits per heavy atom. The standard InChI is InChI=1S/C2H5B3.C2H2/c1-2-4-5-3;1-2/h2H2,1H3;1-2H. The van der Waals surface area contributed by atoms with Crippen molar-refractivity contribution < 1.29 is 0 Å². The van der Waals surface area contributed by atoms with E-state index in [2.05, 4.69) is 12.8 Å². The maximum atomic E-state index is 4.96. The molecule has 0 amide bonds. The van der Waals surface area contributed by atoms with E-state index in [-0.39, 0.29) is 0 Å². The highest BCUT2D eigenvalue weighted by Crippen LogP contribution is 1.63. The Bertz CT molecular complexity index is 31.2. The Hall–Kier alpha value is -0.245. The fourth-order valence-corrected chi connectivity index (χ4v) is 0.136. The summed E-state index contributed by atoms with van der Waals surface area (Å²) < 4.78 is 0. The van der Waals surface area contributed by atoms with Crippen LogP contribution in [0.25, 0.3) is 0 Å². The molecule has 32 valence electrons. The van der Waals surface area contributed by atoms with Crippen LogP contribution in [0, 0.1) is 12.8 Å². The minimum atomic E-state index is 1.04. The van der Waals surface area contributed by atoms with Gasteiger partial charge in [-0.25, -0.2) is 0 Å². The van der Waals surface area contributed by atoms with E-state index in [0.717, 1.165) is 6.32 Å². The summed E-state index contributed by atoms with van der Waals surface area (Å²) in [6.45, 7) is 2.04. The Kier molecular flexibility index (Phi) is 24.2. The van der Waals surface area contributed by atoms with Crippen molar-refractivity contribution in [3.05, 3.63) is 0 Å². The van der Waals surface area contributed by atoms with Gasteiger partial charge in [-0.3, -0.25) is 0 Å². The predicted molar refractivity (Wildman–Crippen MR) is 37.6 cm³/mol. The quantitative estimate of drug-likeness (QED) is 0.331. The molecule has 0 aliphatic heterocycles. The summed E-state index contributed by atoms with van der Waals surface area (Å²) in [5.74, 6) is 0. The second-order valence-corrected chi connectivity index (χ2v) is 0.836. The first-order chi connectivity index (χ1) is 3.41. The lowest BCUT2D eigenvalue weighted by Crippen LogP contribution is -1.98. The third kappa shape index (κ3) is 26.3. The van der Waals surface area contributed by atoms with E-state index in [1.807, 2.05) is 14.1 Å². The van der Waals surface area contributed by atoms with E-state index < -0.39 is 0 Å². The van der Waals surface area contributed by atoms with Gasteiger partial charge in [0, 0.05) is 14.8 Å². The van der Waals surface area contributed by atoms with Crippen molar-refractivity contribution in [1.82, 2.24) is 0 Å². The van der Waals surface area contributed by atoms with E-state index in [9.17, 15) is 0 Å². The largest absolute Gasteiger partial charge is 0.124 e. The lowest BCUT2D eigenvalue weighted by molar-refractivity contribution is 1.47. The van der Waals surface area contributed by atoms with Crippen LogP contribution in [-0.4, -0.2) is 22.0 Å². The molecule has 0 fully saturated rings. The lowest BCUT2D eigenvalue weighted by Gasteiger charge is -1.74. The van der Waals surface area contributed by atoms with Gasteiger partial charge in [-0.2, -0.15) is 0 Å². The van der Waals surface area contributed by atoms with E-state index in [4.69, 9.17) is 7.74 Å². The summed E-state index contributed by atoms with van der Waals surface area (Å²) in [6, 6.07) is 0. The van der Waals surface area contributed by atoms with Gasteiger partial charge in [-0.1, -0.05) is 13.2 Å². The minimum absolute atomic E-state index is 1.04. The van der Waals surface area contributed by atoms with Gasteiger partial charge in [0.05, 0.1) is 7.17 Å². The molecule has 0 bridgehead atoms. The van der Waals surface area contributed by atoms with Gasteiger partial charge < -0.3 is 0 Å². The van der Waals surface area contributed by atoms with Crippen LogP contribution in [0.5, 0.6) is 0 Å². The Morgan fingerprint density at radius 1 is 1.57 bits per heavy atom. The summed E-state index contributed by atoms with van der Waals surface area (Å²) in [6.07, 6.45) is 9.04. The average Bonchev–Trinajstić information content (AvgIpc) is 1.75. The van der Waals surface area contributed by atoms with Gasteiger partial charge in [0.2, 0.25) is 0 Å². The smallest absolute Gasteiger partial charge is 0.0541 e. The highest BCUT2D eigenvalue weighted by molar-refractivity contribution is 7.23. The molecule has 7 heavy (non-hydrogen) atoms. The molecule has 0 N–H and O–H groups in total. The summed E-state index contributed by atoms with van der Waals surface area (Å²) in [7, 11) is 8.42. The zero-order valence-corrected chi connectivity index (χ0v) is 4.59. The van der Waals surface area contributed by atoms with E-state index in [1.165, 1.54) is 0 Å². The Labute approximate surface area is 48.9 Å². The Balaban J connectivity index is 0. The van der Waals surface area contributed by atoms with Gasteiger partial charge in [-0.15, -0.1) is 12.8 Å². The molecule has 0 rings (SSSR count). The summed E-state index contributed by atoms with van der Waals surface area (Å²) in [5, 5.41) is 0. The van der Waals surface area contributed by atoms with Gasteiger partial charge in [0.1, 0.15) is 0 Å². The maximum Gasteiger partial charge on any atom is 0.0541 e. The molecule has 0 aliphatic rings. The second kappa shape index (κ2) is 17.1. The Morgan fingerprint density at radius 2 is 2.00 bits per heavy atom. The average molecular weight is 87.5 g/mol. The first kappa shape index (κ1) is 9.89. The molecule has 0 unspecified atom stereocenters. The first-order valence-corrected chi connectivity index (χ1v) is 2.12. The fourth-order valence-electron chi connectivity index (χ4n) is 0.136. The molecule has 0 saturated carbocycles. The van der Waals surface area contributed by atoms with Crippen LogP contribution in [0.2, 0.25) is 6.32 Å². The molecule has 0 heterocycles. The monoisotopic (exact) mass is 88.1 g/mol. The van der Waals surface area contributed by atoms with Crippen molar-refractivity contribution in [2.75, 3.05) is 0 Å². The van der Waals surface area contributed by atoms with Gasteiger partial charge in [0.15, 0.2) is 0 Å². The van der Waals surface area contributed by atoms with E-state index in [1.54, 1.807) is 7.06 Å². The molecule has 0 aliphatic carbocycles.